The minimum absolute atomic E-state index is 0.392. The lowest BCUT2D eigenvalue weighted by Crippen LogP contribution is -2.16. The van der Waals surface area contributed by atoms with Crippen LogP contribution in [0.5, 0.6) is 0 Å². The molecule has 0 spiro atoms. The van der Waals surface area contributed by atoms with E-state index in [9.17, 15) is 0 Å². The van der Waals surface area contributed by atoms with E-state index in [4.69, 9.17) is 0 Å². The highest BCUT2D eigenvalue weighted by molar-refractivity contribution is 6.09. The Kier molecular flexibility index (Phi) is 1.98. The van der Waals surface area contributed by atoms with Crippen molar-refractivity contribution in [2.24, 2.45) is 0 Å². The molecular formula is C23H14. The molecule has 0 heteroatoms. The van der Waals surface area contributed by atoms with Gasteiger partial charge in [-0.25, -0.2) is 0 Å². The first-order valence-corrected chi connectivity index (χ1v) is 8.16. The largest absolute Gasteiger partial charge is 0.0616 e. The predicted octanol–water partition coefficient (Wildman–Crippen LogP) is 5.90. The molecule has 3 aromatic rings. The van der Waals surface area contributed by atoms with Gasteiger partial charge in [-0.3, -0.25) is 0 Å². The van der Waals surface area contributed by atoms with Crippen molar-refractivity contribution in [3.8, 4) is 0 Å². The van der Waals surface area contributed by atoms with Crippen LogP contribution in [-0.2, 0) is 0 Å². The van der Waals surface area contributed by atoms with Crippen LogP contribution in [0.25, 0.3) is 34.6 Å². The molecule has 1 unspecified atom stereocenters. The molecule has 3 aliphatic rings. The van der Waals surface area contributed by atoms with Crippen LogP contribution < -0.4 is 0 Å². The van der Waals surface area contributed by atoms with Gasteiger partial charge in [-0.15, -0.1) is 0 Å². The van der Waals surface area contributed by atoms with Gasteiger partial charge in [0.05, 0.1) is 0 Å². The third-order valence-corrected chi connectivity index (χ3v) is 5.45. The Hall–Kier alpha value is -2.86. The summed E-state index contributed by atoms with van der Waals surface area (Å²) in [5, 5.41) is 2.79. The van der Waals surface area contributed by atoms with Crippen molar-refractivity contribution in [3.63, 3.8) is 0 Å². The second kappa shape index (κ2) is 3.91. The maximum Gasteiger partial charge on any atom is 0.0358 e. The third kappa shape index (κ3) is 1.37. The molecule has 0 nitrogen and oxygen atoms in total. The van der Waals surface area contributed by atoms with Gasteiger partial charge in [-0.2, -0.15) is 0 Å². The first-order valence-electron chi connectivity index (χ1n) is 8.16. The van der Waals surface area contributed by atoms with Crippen LogP contribution in [0, 0.1) is 0 Å². The molecule has 0 saturated carbocycles. The molecule has 0 saturated heterocycles. The van der Waals surface area contributed by atoms with Gasteiger partial charge in [-0.1, -0.05) is 72.8 Å². The molecule has 0 aromatic heterocycles. The smallest absolute Gasteiger partial charge is 0.0358 e. The summed E-state index contributed by atoms with van der Waals surface area (Å²) < 4.78 is 0. The average Bonchev–Trinajstić information content (AvgIpc) is 2.61. The third-order valence-electron chi connectivity index (χ3n) is 5.45. The molecule has 0 fully saturated rings. The van der Waals surface area contributed by atoms with Gasteiger partial charge in [0.1, 0.15) is 0 Å². The Morgan fingerprint density at radius 2 is 1.57 bits per heavy atom. The summed E-state index contributed by atoms with van der Waals surface area (Å²) in [7, 11) is 0. The number of benzene rings is 3. The van der Waals surface area contributed by atoms with Gasteiger partial charge >= 0.3 is 0 Å². The van der Waals surface area contributed by atoms with Crippen molar-refractivity contribution in [2.75, 3.05) is 0 Å². The van der Waals surface area contributed by atoms with E-state index in [1.165, 1.54) is 49.7 Å². The van der Waals surface area contributed by atoms with Crippen LogP contribution in [0.3, 0.4) is 0 Å². The minimum atomic E-state index is 0.392. The van der Waals surface area contributed by atoms with E-state index in [1.807, 2.05) is 0 Å². The second-order valence-electron chi connectivity index (χ2n) is 6.61. The summed E-state index contributed by atoms with van der Waals surface area (Å²) in [4.78, 5) is 0. The molecule has 6 rings (SSSR count). The molecule has 23 heavy (non-hydrogen) atoms. The van der Waals surface area contributed by atoms with Crippen molar-refractivity contribution in [1.29, 1.82) is 0 Å². The van der Waals surface area contributed by atoms with Crippen molar-refractivity contribution in [2.45, 2.75) is 5.92 Å². The fraction of sp³-hybridized carbons (Fsp3) is 0.0435. The predicted molar refractivity (Wildman–Crippen MR) is 98.0 cm³/mol. The van der Waals surface area contributed by atoms with Crippen molar-refractivity contribution >= 4 is 34.6 Å². The Balaban J connectivity index is 1.84. The van der Waals surface area contributed by atoms with E-state index < -0.39 is 0 Å². The Labute approximate surface area is 135 Å². The number of fused-ring (bicyclic) bond motifs is 2. The van der Waals surface area contributed by atoms with E-state index in [0.29, 0.717) is 5.92 Å². The van der Waals surface area contributed by atoms with Crippen molar-refractivity contribution < 1.29 is 0 Å². The standard InChI is InChI=1S/C23H14/c1-2-7-19-16(4-1)12-18-11-10-15-9-8-14-5-3-6-17-13-20(19)22(18)23(15)21(14)17/h1-13,22H. The molecule has 3 aliphatic carbocycles. The van der Waals surface area contributed by atoms with Gasteiger partial charge in [-0.05, 0) is 55.8 Å². The maximum absolute atomic E-state index is 2.41. The zero-order valence-electron chi connectivity index (χ0n) is 12.6. The number of rotatable bonds is 0. The lowest BCUT2D eigenvalue weighted by Gasteiger charge is -2.35. The maximum atomic E-state index is 2.41. The number of hydrogen-bond donors (Lipinski definition) is 0. The van der Waals surface area contributed by atoms with E-state index >= 15 is 0 Å². The first-order chi connectivity index (χ1) is 11.4. The number of hydrogen-bond acceptors (Lipinski definition) is 0. The Morgan fingerprint density at radius 3 is 2.57 bits per heavy atom. The van der Waals surface area contributed by atoms with Crippen LogP contribution >= 0.6 is 0 Å². The molecule has 0 radical (unpaired) electrons. The molecule has 0 N–H and O–H groups in total. The lowest BCUT2D eigenvalue weighted by molar-refractivity contribution is 1.04. The van der Waals surface area contributed by atoms with Crippen LogP contribution in [0.4, 0.5) is 0 Å². The van der Waals surface area contributed by atoms with Crippen LogP contribution in [0.15, 0.2) is 66.2 Å². The lowest BCUT2D eigenvalue weighted by atomic mass is 9.67. The molecule has 0 aliphatic heterocycles. The summed E-state index contributed by atoms with van der Waals surface area (Å²) in [5.74, 6) is 0.392. The summed E-state index contributed by atoms with van der Waals surface area (Å²) >= 11 is 0. The number of allylic oxidation sites excluding steroid dienone is 3. The Bertz CT molecular complexity index is 1110. The summed E-state index contributed by atoms with van der Waals surface area (Å²) in [6, 6.07) is 20.0. The highest BCUT2D eigenvalue weighted by Crippen LogP contribution is 2.53. The topological polar surface area (TPSA) is 0 Å². The highest BCUT2D eigenvalue weighted by Gasteiger charge is 2.34. The second-order valence-corrected chi connectivity index (χ2v) is 6.61. The summed E-state index contributed by atoms with van der Waals surface area (Å²) in [6.45, 7) is 0. The van der Waals surface area contributed by atoms with E-state index in [2.05, 4.69) is 78.9 Å². The van der Waals surface area contributed by atoms with Crippen LogP contribution in [0.1, 0.15) is 33.7 Å². The fourth-order valence-electron chi connectivity index (χ4n) is 4.49. The molecule has 1 atom stereocenters. The fourth-order valence-corrected chi connectivity index (χ4v) is 4.49. The molecular weight excluding hydrogens is 276 g/mol. The normalized spacial score (nSPS) is 19.2. The SMILES string of the molecule is C1=Cc2ccc3cccc4c3c2C2C1=Cc1ccccc1C2=C4. The van der Waals surface area contributed by atoms with Gasteiger partial charge in [0.15, 0.2) is 0 Å². The van der Waals surface area contributed by atoms with Crippen molar-refractivity contribution in [3.05, 3.63) is 94.1 Å². The average molecular weight is 290 g/mol. The van der Waals surface area contributed by atoms with E-state index in [0.717, 1.165) is 0 Å². The van der Waals surface area contributed by atoms with E-state index in [-0.39, 0.29) is 0 Å². The molecule has 3 aromatic carbocycles. The summed E-state index contributed by atoms with van der Waals surface area (Å²) in [6.07, 6.45) is 9.36. The quantitative estimate of drug-likeness (QED) is 0.483. The van der Waals surface area contributed by atoms with Crippen LogP contribution in [0.2, 0.25) is 0 Å². The van der Waals surface area contributed by atoms with Gasteiger partial charge in [0.25, 0.3) is 0 Å². The monoisotopic (exact) mass is 290 g/mol. The van der Waals surface area contributed by atoms with Gasteiger partial charge < -0.3 is 0 Å². The van der Waals surface area contributed by atoms with Gasteiger partial charge in [0, 0.05) is 5.92 Å². The summed E-state index contributed by atoms with van der Waals surface area (Å²) in [5.41, 5.74) is 9.82. The van der Waals surface area contributed by atoms with Crippen molar-refractivity contribution in [1.82, 2.24) is 0 Å². The minimum Gasteiger partial charge on any atom is -0.0616 e. The molecule has 106 valence electrons. The zero-order valence-corrected chi connectivity index (χ0v) is 12.6. The van der Waals surface area contributed by atoms with E-state index in [1.54, 1.807) is 0 Å². The zero-order chi connectivity index (χ0) is 15.0. The van der Waals surface area contributed by atoms with Crippen LogP contribution in [-0.4, -0.2) is 0 Å². The Morgan fingerprint density at radius 1 is 0.652 bits per heavy atom. The molecule has 0 bridgehead atoms. The first kappa shape index (κ1) is 11.7. The van der Waals surface area contributed by atoms with Gasteiger partial charge in [0.2, 0.25) is 0 Å². The highest BCUT2D eigenvalue weighted by atomic mass is 14.4. The molecule has 0 heterocycles. The molecule has 0 amide bonds.